The van der Waals surface area contributed by atoms with Crippen LogP contribution in [-0.4, -0.2) is 33.5 Å². The number of thiophene rings is 1. The van der Waals surface area contributed by atoms with Gasteiger partial charge in [0.05, 0.1) is 29.1 Å². The minimum atomic E-state index is -0.267. The van der Waals surface area contributed by atoms with Gasteiger partial charge in [0.25, 0.3) is 11.5 Å². The van der Waals surface area contributed by atoms with Crippen LogP contribution >= 0.6 is 23.1 Å². The maximum absolute atomic E-state index is 13.8. The Kier molecular flexibility index (Phi) is 7.20. The van der Waals surface area contributed by atoms with Crippen LogP contribution in [0.5, 0.6) is 5.75 Å². The van der Waals surface area contributed by atoms with E-state index in [0.29, 0.717) is 28.5 Å². The Labute approximate surface area is 217 Å². The van der Waals surface area contributed by atoms with E-state index in [1.165, 1.54) is 16.6 Å². The van der Waals surface area contributed by atoms with Crippen molar-refractivity contribution in [2.75, 3.05) is 12.4 Å². The summed E-state index contributed by atoms with van der Waals surface area (Å²) in [5.41, 5.74) is 6.00. The predicted molar refractivity (Wildman–Crippen MR) is 146 cm³/mol. The second kappa shape index (κ2) is 10.7. The molecule has 0 spiro atoms. The lowest BCUT2D eigenvalue weighted by atomic mass is 10.1. The third kappa shape index (κ3) is 4.94. The molecule has 4 aromatic rings. The second-order valence-electron chi connectivity index (χ2n) is 8.39. The van der Waals surface area contributed by atoms with Gasteiger partial charge in [-0.3, -0.25) is 14.2 Å². The predicted octanol–water partition coefficient (Wildman–Crippen LogP) is 4.97. The molecule has 1 N–H and O–H groups in total. The maximum Gasteiger partial charge on any atom is 0.267 e. The minimum absolute atomic E-state index is 0.0750. The van der Waals surface area contributed by atoms with E-state index in [1.807, 2.05) is 68.4 Å². The summed E-state index contributed by atoms with van der Waals surface area (Å²) in [5.74, 6) is 0.544. The Balaban J connectivity index is 1.44. The van der Waals surface area contributed by atoms with Gasteiger partial charge in [0, 0.05) is 4.88 Å². The zero-order valence-corrected chi connectivity index (χ0v) is 21.7. The van der Waals surface area contributed by atoms with Gasteiger partial charge in [-0.2, -0.15) is 5.10 Å². The highest BCUT2D eigenvalue weighted by Crippen LogP contribution is 2.36. The van der Waals surface area contributed by atoms with Crippen molar-refractivity contribution in [2.24, 2.45) is 5.10 Å². The molecule has 36 heavy (non-hydrogen) atoms. The molecular weight excluding hydrogens is 492 g/mol. The van der Waals surface area contributed by atoms with Crippen molar-refractivity contribution in [3.05, 3.63) is 81.0 Å². The Bertz CT molecular complexity index is 1490. The largest absolute Gasteiger partial charge is 0.494 e. The molecule has 1 aliphatic carbocycles. The van der Waals surface area contributed by atoms with Crippen LogP contribution in [0.4, 0.5) is 0 Å². The molecule has 0 saturated carbocycles. The first-order valence-corrected chi connectivity index (χ1v) is 13.7. The lowest BCUT2D eigenvalue weighted by molar-refractivity contribution is -0.118. The first-order valence-electron chi connectivity index (χ1n) is 11.9. The van der Waals surface area contributed by atoms with E-state index >= 15 is 0 Å². The molecule has 2 heterocycles. The number of hydrogen-bond donors (Lipinski definition) is 1. The molecule has 0 radical (unpaired) electrons. The smallest absolute Gasteiger partial charge is 0.267 e. The average Bonchev–Trinajstić information content (AvgIpc) is 3.48. The molecule has 2 aromatic carbocycles. The van der Waals surface area contributed by atoms with Crippen LogP contribution in [-0.2, 0) is 17.6 Å². The first-order chi connectivity index (χ1) is 17.5. The first kappa shape index (κ1) is 24.3. The summed E-state index contributed by atoms with van der Waals surface area (Å²) in [4.78, 5) is 33.2. The summed E-state index contributed by atoms with van der Waals surface area (Å²) in [6.45, 7) is 4.34. The van der Waals surface area contributed by atoms with Crippen molar-refractivity contribution >= 4 is 44.9 Å². The molecule has 1 aliphatic rings. The van der Waals surface area contributed by atoms with Gasteiger partial charge in [-0.25, -0.2) is 10.4 Å². The summed E-state index contributed by atoms with van der Waals surface area (Å²) in [6, 6.07) is 17.0. The number of nitrogens with zero attached hydrogens (tertiary/aromatic N) is 3. The number of amides is 1. The Morgan fingerprint density at radius 2 is 1.94 bits per heavy atom. The maximum atomic E-state index is 13.8. The molecule has 0 aliphatic heterocycles. The highest BCUT2D eigenvalue weighted by Gasteiger charge is 2.24. The fourth-order valence-electron chi connectivity index (χ4n) is 4.26. The van der Waals surface area contributed by atoms with E-state index in [1.54, 1.807) is 15.9 Å². The molecule has 0 unspecified atom stereocenters. The van der Waals surface area contributed by atoms with Crippen molar-refractivity contribution in [1.29, 1.82) is 0 Å². The fourth-order valence-corrected chi connectivity index (χ4v) is 6.37. The molecule has 1 amide bonds. The number of aryl methyl sites for hydroxylation is 2. The molecule has 0 fully saturated rings. The standard InChI is InChI=1S/C27H26N4O3S2/c1-3-34-20-14-12-19(13-15-20)31-26(33)24-21-10-7-11-22(21)36-25(24)28-27(31)35-16-23(32)30-29-17(2)18-8-5-4-6-9-18/h4-6,8-9,12-15H,3,7,10-11,16H2,1-2H3,(H,30,32). The van der Waals surface area contributed by atoms with E-state index in [2.05, 4.69) is 10.5 Å². The quantitative estimate of drug-likeness (QED) is 0.154. The molecule has 5 rings (SSSR count). The number of thioether (sulfide) groups is 1. The third-order valence-electron chi connectivity index (χ3n) is 5.99. The van der Waals surface area contributed by atoms with Gasteiger partial charge in [-0.1, -0.05) is 42.1 Å². The van der Waals surface area contributed by atoms with Crippen LogP contribution in [0.25, 0.3) is 15.9 Å². The molecule has 0 bridgehead atoms. The van der Waals surface area contributed by atoms with Crippen molar-refractivity contribution in [3.63, 3.8) is 0 Å². The number of benzene rings is 2. The summed E-state index contributed by atoms with van der Waals surface area (Å²) >= 11 is 2.82. The highest BCUT2D eigenvalue weighted by atomic mass is 32.2. The van der Waals surface area contributed by atoms with E-state index < -0.39 is 0 Å². The summed E-state index contributed by atoms with van der Waals surface area (Å²) in [5, 5.41) is 5.41. The number of carbonyl (C=O) groups excluding carboxylic acids is 1. The molecule has 7 nitrogen and oxygen atoms in total. The topological polar surface area (TPSA) is 85.6 Å². The molecule has 0 atom stereocenters. The Hall–Kier alpha value is -3.43. The van der Waals surface area contributed by atoms with E-state index in [4.69, 9.17) is 9.72 Å². The number of carbonyl (C=O) groups is 1. The number of hydrazone groups is 1. The van der Waals surface area contributed by atoms with Crippen molar-refractivity contribution < 1.29 is 9.53 Å². The van der Waals surface area contributed by atoms with Crippen LogP contribution in [0.2, 0.25) is 0 Å². The van der Waals surface area contributed by atoms with Crippen molar-refractivity contribution in [2.45, 2.75) is 38.3 Å². The lowest BCUT2D eigenvalue weighted by Crippen LogP contribution is -2.24. The minimum Gasteiger partial charge on any atom is -0.494 e. The summed E-state index contributed by atoms with van der Waals surface area (Å²) in [7, 11) is 0. The number of nitrogens with one attached hydrogen (secondary N) is 1. The van der Waals surface area contributed by atoms with E-state index in [9.17, 15) is 9.59 Å². The van der Waals surface area contributed by atoms with Gasteiger partial charge in [0.2, 0.25) is 0 Å². The van der Waals surface area contributed by atoms with Gasteiger partial charge in [-0.15, -0.1) is 11.3 Å². The molecule has 9 heteroatoms. The van der Waals surface area contributed by atoms with Crippen LogP contribution < -0.4 is 15.7 Å². The molecule has 0 saturated heterocycles. The highest BCUT2D eigenvalue weighted by molar-refractivity contribution is 7.99. The van der Waals surface area contributed by atoms with E-state index in [0.717, 1.165) is 41.0 Å². The number of hydrogen-bond acceptors (Lipinski definition) is 7. The fraction of sp³-hybridized carbons (Fsp3) is 0.259. The monoisotopic (exact) mass is 518 g/mol. The van der Waals surface area contributed by atoms with Crippen LogP contribution in [0.1, 0.15) is 36.3 Å². The number of aromatic nitrogens is 2. The van der Waals surface area contributed by atoms with Gasteiger partial charge < -0.3 is 4.74 Å². The molecular formula is C27H26N4O3S2. The number of rotatable bonds is 8. The lowest BCUT2D eigenvalue weighted by Gasteiger charge is -2.13. The van der Waals surface area contributed by atoms with Gasteiger partial charge in [-0.05, 0) is 68.5 Å². The average molecular weight is 519 g/mol. The number of ether oxygens (including phenoxy) is 1. The zero-order valence-electron chi connectivity index (χ0n) is 20.1. The SMILES string of the molecule is CCOc1ccc(-n2c(SCC(=O)NN=C(C)c3ccccc3)nc3sc4c(c3c2=O)CCC4)cc1. The van der Waals surface area contributed by atoms with Gasteiger partial charge >= 0.3 is 0 Å². The second-order valence-corrected chi connectivity index (χ2v) is 10.4. The number of fused-ring (bicyclic) bond motifs is 3. The van der Waals surface area contributed by atoms with Crippen molar-refractivity contribution in [1.82, 2.24) is 15.0 Å². The van der Waals surface area contributed by atoms with Gasteiger partial charge in [0.1, 0.15) is 10.6 Å². The Morgan fingerprint density at radius 3 is 2.69 bits per heavy atom. The van der Waals surface area contributed by atoms with E-state index in [-0.39, 0.29) is 17.2 Å². The normalized spacial score (nSPS) is 13.1. The van der Waals surface area contributed by atoms with Crippen LogP contribution in [0.15, 0.2) is 69.6 Å². The van der Waals surface area contributed by atoms with Crippen molar-refractivity contribution in [3.8, 4) is 11.4 Å². The third-order valence-corrected chi connectivity index (χ3v) is 8.11. The summed E-state index contributed by atoms with van der Waals surface area (Å²) < 4.78 is 7.17. The molecule has 2 aromatic heterocycles. The summed E-state index contributed by atoms with van der Waals surface area (Å²) in [6.07, 6.45) is 2.96. The zero-order chi connectivity index (χ0) is 25.1. The Morgan fingerprint density at radius 1 is 1.17 bits per heavy atom. The van der Waals surface area contributed by atoms with Gasteiger partial charge in [0.15, 0.2) is 5.16 Å². The molecule has 184 valence electrons. The van der Waals surface area contributed by atoms with Crippen LogP contribution in [0.3, 0.4) is 0 Å². The van der Waals surface area contributed by atoms with Crippen LogP contribution in [0, 0.1) is 0 Å².